The van der Waals surface area contributed by atoms with E-state index in [-0.39, 0.29) is 5.92 Å². The van der Waals surface area contributed by atoms with Crippen LogP contribution in [0.1, 0.15) is 25.7 Å². The largest absolute Gasteiger partial charge is 0.493 e. The van der Waals surface area contributed by atoms with Gasteiger partial charge in [0.15, 0.2) is 11.5 Å². The minimum absolute atomic E-state index is 0.187. The van der Waals surface area contributed by atoms with E-state index in [0.717, 1.165) is 41.0 Å². The van der Waals surface area contributed by atoms with Crippen LogP contribution in [0.15, 0.2) is 49.1 Å². The van der Waals surface area contributed by atoms with Crippen molar-refractivity contribution in [2.45, 2.75) is 31.5 Å². The number of rotatable bonds is 5. The van der Waals surface area contributed by atoms with Crippen LogP contribution in [0, 0.1) is 11.8 Å². The van der Waals surface area contributed by atoms with Crippen LogP contribution in [-0.2, 0) is 0 Å². The number of ether oxygens (including phenoxy) is 2. The Hall–Kier alpha value is -3.39. The second-order valence-electron chi connectivity index (χ2n) is 8.52. The van der Waals surface area contributed by atoms with Crippen molar-refractivity contribution < 1.29 is 14.6 Å². The number of aliphatic hydroxyl groups is 1. The zero-order valence-electron chi connectivity index (χ0n) is 17.2. The van der Waals surface area contributed by atoms with E-state index in [1.807, 2.05) is 36.4 Å². The maximum Gasteiger partial charge on any atom is 0.211 e. The van der Waals surface area contributed by atoms with Gasteiger partial charge in [0.05, 0.1) is 23.8 Å². The van der Waals surface area contributed by atoms with E-state index in [2.05, 4.69) is 15.1 Å². The van der Waals surface area contributed by atoms with Gasteiger partial charge in [-0.3, -0.25) is 0 Å². The minimum Gasteiger partial charge on any atom is -0.493 e. The van der Waals surface area contributed by atoms with Crippen LogP contribution >= 0.6 is 0 Å². The van der Waals surface area contributed by atoms with Gasteiger partial charge in [-0.2, -0.15) is 5.10 Å². The van der Waals surface area contributed by atoms with Crippen molar-refractivity contribution >= 4 is 11.0 Å². The quantitative estimate of drug-likeness (QED) is 0.481. The molecule has 2 aromatic heterocycles. The fourth-order valence-corrected chi connectivity index (χ4v) is 5.09. The topological polar surface area (TPSA) is 98.1 Å². The third-order valence-corrected chi connectivity index (χ3v) is 6.63. The molecule has 4 aromatic rings. The number of hydrogen-bond acceptors (Lipinski definition) is 6. The molecule has 31 heavy (non-hydrogen) atoms. The highest BCUT2D eigenvalue weighted by Crippen LogP contribution is 2.52. The normalized spacial score (nSPS) is 24.7. The summed E-state index contributed by atoms with van der Waals surface area (Å²) in [4.78, 5) is 12.1. The lowest BCUT2D eigenvalue weighted by Gasteiger charge is -2.33. The molecule has 0 spiro atoms. The van der Waals surface area contributed by atoms with E-state index >= 15 is 0 Å². The summed E-state index contributed by atoms with van der Waals surface area (Å²) in [6.07, 6.45) is 7.08. The Morgan fingerprint density at radius 3 is 2.84 bits per heavy atom. The molecule has 3 unspecified atom stereocenters. The van der Waals surface area contributed by atoms with Crippen LogP contribution in [0.25, 0.3) is 28.1 Å². The first-order valence-corrected chi connectivity index (χ1v) is 10.6. The molecule has 2 aromatic carbocycles. The van der Waals surface area contributed by atoms with Crippen LogP contribution in [-0.4, -0.2) is 42.7 Å². The Labute approximate surface area is 178 Å². The standard InChI is InChI=1S/C23H23N5O3/c1-30-20-7-3-15(9-21(20)31-23(29)11-14-2-4-16(23)8-14)22-26-18-6-5-17(10-19(18)27-22)28-13-24-12-25-28/h3,5-7,9-10,12-14,16,29H,2,4,8,11H2,1H3,(H,26,27). The van der Waals surface area contributed by atoms with Crippen LogP contribution < -0.4 is 9.47 Å². The third kappa shape index (κ3) is 3.06. The zero-order chi connectivity index (χ0) is 21.0. The van der Waals surface area contributed by atoms with Crippen molar-refractivity contribution in [1.29, 1.82) is 0 Å². The highest BCUT2D eigenvalue weighted by Gasteiger charge is 2.52. The van der Waals surface area contributed by atoms with Crippen LogP contribution in [0.5, 0.6) is 11.5 Å². The summed E-state index contributed by atoms with van der Waals surface area (Å²) in [6, 6.07) is 11.6. The first-order chi connectivity index (χ1) is 15.1. The number of methoxy groups -OCH3 is 1. The number of hydrogen-bond donors (Lipinski definition) is 2. The summed E-state index contributed by atoms with van der Waals surface area (Å²) in [5.41, 5.74) is 3.51. The fraction of sp³-hybridized carbons (Fsp3) is 0.348. The number of benzene rings is 2. The molecule has 2 heterocycles. The van der Waals surface area contributed by atoms with E-state index in [1.165, 1.54) is 12.7 Å². The van der Waals surface area contributed by atoms with E-state index < -0.39 is 5.79 Å². The molecule has 8 heteroatoms. The van der Waals surface area contributed by atoms with Crippen molar-refractivity contribution in [3.05, 3.63) is 49.1 Å². The summed E-state index contributed by atoms with van der Waals surface area (Å²) in [6.45, 7) is 0. The number of aromatic nitrogens is 5. The molecule has 0 radical (unpaired) electrons. The number of H-pyrrole nitrogens is 1. The van der Waals surface area contributed by atoms with Gasteiger partial charge < -0.3 is 19.6 Å². The summed E-state index contributed by atoms with van der Waals surface area (Å²) in [5.74, 6) is 1.49. The summed E-state index contributed by atoms with van der Waals surface area (Å²) in [7, 11) is 1.61. The molecule has 0 saturated heterocycles. The lowest BCUT2D eigenvalue weighted by Crippen LogP contribution is -2.41. The minimum atomic E-state index is -1.12. The van der Waals surface area contributed by atoms with Crippen LogP contribution in [0.4, 0.5) is 0 Å². The maximum atomic E-state index is 11.1. The molecule has 0 aliphatic heterocycles. The van der Waals surface area contributed by atoms with E-state index in [4.69, 9.17) is 14.5 Å². The molecule has 8 nitrogen and oxygen atoms in total. The van der Waals surface area contributed by atoms with Gasteiger partial charge in [0.1, 0.15) is 18.5 Å². The predicted molar refractivity (Wildman–Crippen MR) is 114 cm³/mol. The Bertz CT molecular complexity index is 1250. The van der Waals surface area contributed by atoms with Crippen molar-refractivity contribution in [3.8, 4) is 28.6 Å². The average Bonchev–Trinajstić information content (AvgIpc) is 3.56. The highest BCUT2D eigenvalue weighted by molar-refractivity contribution is 5.81. The molecule has 6 rings (SSSR count). The van der Waals surface area contributed by atoms with Crippen molar-refractivity contribution in [2.24, 2.45) is 11.8 Å². The Kier molecular flexibility index (Phi) is 4.04. The molecule has 2 fully saturated rings. The van der Waals surface area contributed by atoms with Crippen molar-refractivity contribution in [2.75, 3.05) is 7.11 Å². The Morgan fingerprint density at radius 2 is 2.10 bits per heavy atom. The molecule has 3 atom stereocenters. The molecule has 0 amide bonds. The number of fused-ring (bicyclic) bond motifs is 3. The van der Waals surface area contributed by atoms with Gasteiger partial charge in [-0.05, 0) is 61.6 Å². The van der Waals surface area contributed by atoms with E-state index in [0.29, 0.717) is 23.8 Å². The molecule has 2 saturated carbocycles. The van der Waals surface area contributed by atoms with Crippen molar-refractivity contribution in [1.82, 2.24) is 24.7 Å². The number of nitrogens with one attached hydrogen (secondary N) is 1. The molecular formula is C23H23N5O3. The Morgan fingerprint density at radius 1 is 1.16 bits per heavy atom. The number of aromatic amines is 1. The number of nitrogens with zero attached hydrogens (tertiary/aromatic N) is 4. The zero-order valence-corrected chi connectivity index (χ0v) is 17.2. The SMILES string of the molecule is COc1ccc(-c2nc3ccc(-n4cncn4)cc3[nH]2)cc1OC1(O)CC2CCC1C2. The first kappa shape index (κ1) is 18.4. The average molecular weight is 417 g/mol. The smallest absolute Gasteiger partial charge is 0.211 e. The molecule has 158 valence electrons. The van der Waals surface area contributed by atoms with E-state index in [9.17, 15) is 5.11 Å². The monoisotopic (exact) mass is 417 g/mol. The van der Waals surface area contributed by atoms with Gasteiger partial charge in [-0.15, -0.1) is 0 Å². The second kappa shape index (κ2) is 6.81. The fourth-order valence-electron chi connectivity index (χ4n) is 5.09. The third-order valence-electron chi connectivity index (χ3n) is 6.63. The van der Waals surface area contributed by atoms with Gasteiger partial charge in [0.25, 0.3) is 0 Å². The lowest BCUT2D eigenvalue weighted by molar-refractivity contribution is -0.173. The van der Waals surface area contributed by atoms with Gasteiger partial charge in [-0.1, -0.05) is 0 Å². The highest BCUT2D eigenvalue weighted by atomic mass is 16.6. The Balaban J connectivity index is 1.35. The van der Waals surface area contributed by atoms with Gasteiger partial charge in [0, 0.05) is 17.9 Å². The first-order valence-electron chi connectivity index (χ1n) is 10.6. The number of imidazole rings is 1. The summed E-state index contributed by atoms with van der Waals surface area (Å²) >= 11 is 0. The molecule has 2 aliphatic carbocycles. The van der Waals surface area contributed by atoms with Gasteiger partial charge >= 0.3 is 0 Å². The molecule has 2 N–H and O–H groups in total. The lowest BCUT2D eigenvalue weighted by atomic mass is 9.94. The molecule has 2 aliphatic rings. The maximum absolute atomic E-state index is 11.1. The van der Waals surface area contributed by atoms with Crippen LogP contribution in [0.2, 0.25) is 0 Å². The van der Waals surface area contributed by atoms with E-state index in [1.54, 1.807) is 18.1 Å². The van der Waals surface area contributed by atoms with Gasteiger partial charge in [0.2, 0.25) is 5.79 Å². The second-order valence-corrected chi connectivity index (χ2v) is 8.52. The summed E-state index contributed by atoms with van der Waals surface area (Å²) < 4.78 is 13.4. The van der Waals surface area contributed by atoms with Gasteiger partial charge in [-0.25, -0.2) is 14.6 Å². The molecule has 2 bridgehead atoms. The van der Waals surface area contributed by atoms with Crippen LogP contribution in [0.3, 0.4) is 0 Å². The molecular weight excluding hydrogens is 394 g/mol. The summed E-state index contributed by atoms with van der Waals surface area (Å²) in [5, 5.41) is 15.3. The van der Waals surface area contributed by atoms with Crippen molar-refractivity contribution in [3.63, 3.8) is 0 Å². The predicted octanol–water partition coefficient (Wildman–Crippen LogP) is 3.71.